The Morgan fingerprint density at radius 1 is 1.21 bits per heavy atom. The minimum atomic E-state index is -1.36. The van der Waals surface area contributed by atoms with Crippen molar-refractivity contribution in [2.24, 2.45) is 16.8 Å². The number of dihydropyridines is 1. The van der Waals surface area contributed by atoms with Gasteiger partial charge in [0.25, 0.3) is 0 Å². The van der Waals surface area contributed by atoms with E-state index >= 15 is 4.39 Å². The molecule has 0 saturated carbocycles. The molecule has 0 aromatic heterocycles. The van der Waals surface area contributed by atoms with Crippen molar-refractivity contribution >= 4 is 34.9 Å². The fraction of sp³-hybridized carbons (Fsp3) is 0.357. The summed E-state index contributed by atoms with van der Waals surface area (Å²) >= 11 is 0. The number of esters is 1. The smallest absolute Gasteiger partial charge is 0.314 e. The van der Waals surface area contributed by atoms with E-state index in [1.54, 1.807) is 19.1 Å². The van der Waals surface area contributed by atoms with Crippen molar-refractivity contribution in [2.45, 2.75) is 19.3 Å². The minimum absolute atomic E-state index is 0.00738. The van der Waals surface area contributed by atoms with E-state index in [4.69, 9.17) is 15.2 Å². The number of hydrogen-bond donors (Lipinski definition) is 4. The zero-order valence-electron chi connectivity index (χ0n) is 21.7. The zero-order valence-corrected chi connectivity index (χ0v) is 21.7. The van der Waals surface area contributed by atoms with E-state index in [1.807, 2.05) is 30.3 Å². The summed E-state index contributed by atoms with van der Waals surface area (Å²) < 4.78 is 26.2. The summed E-state index contributed by atoms with van der Waals surface area (Å²) in [4.78, 5) is 41.3. The number of carbonyl (C=O) groups excluding carboxylic acids is 2. The van der Waals surface area contributed by atoms with Gasteiger partial charge in [0.1, 0.15) is 23.2 Å². The van der Waals surface area contributed by atoms with Crippen LogP contribution < -0.4 is 21.1 Å². The number of nitrogens with zero attached hydrogens (tertiary/aromatic N) is 1. The molecular formula is C28H31FN4O6. The molecule has 2 aliphatic rings. The van der Waals surface area contributed by atoms with Gasteiger partial charge in [0, 0.05) is 24.6 Å². The Kier molecular flexibility index (Phi) is 8.48. The number of nitrogen functional groups attached to an aromatic ring is 1. The second-order valence-electron chi connectivity index (χ2n) is 9.18. The molecule has 2 aromatic rings. The molecule has 3 unspecified atom stereocenters. The first-order valence-corrected chi connectivity index (χ1v) is 12.7. The highest BCUT2D eigenvalue weighted by Gasteiger charge is 2.43. The van der Waals surface area contributed by atoms with Crippen LogP contribution in [0.2, 0.25) is 0 Å². The van der Waals surface area contributed by atoms with Gasteiger partial charge in [-0.2, -0.15) is 0 Å². The molecule has 11 heteroatoms. The first kappa shape index (κ1) is 27.6. The topological polar surface area (TPSA) is 152 Å². The van der Waals surface area contributed by atoms with Gasteiger partial charge >= 0.3 is 11.9 Å². The van der Waals surface area contributed by atoms with Gasteiger partial charge in [0.15, 0.2) is 11.6 Å². The number of ether oxygens (including phenoxy) is 2. The number of carboxylic acid groups (broad SMARTS) is 1. The van der Waals surface area contributed by atoms with Crippen LogP contribution in [0, 0.1) is 17.7 Å². The van der Waals surface area contributed by atoms with Crippen LogP contribution in [0.25, 0.3) is 0 Å². The SMILES string of the molecule is CCOC(=O)C1C=CC(NCCNc2c(F)c(N)c3c(c2OC)C(c2ccccc2)CC(C(=O)O)C3=O)=NC1. The molecule has 5 N–H and O–H groups in total. The average molecular weight is 539 g/mol. The third kappa shape index (κ3) is 5.57. The monoisotopic (exact) mass is 538 g/mol. The summed E-state index contributed by atoms with van der Waals surface area (Å²) in [6, 6.07) is 9.09. The van der Waals surface area contributed by atoms with Crippen LogP contribution in [-0.2, 0) is 14.3 Å². The zero-order chi connectivity index (χ0) is 28.1. The van der Waals surface area contributed by atoms with Crippen molar-refractivity contribution in [3.05, 3.63) is 65.0 Å². The van der Waals surface area contributed by atoms with Crippen molar-refractivity contribution in [1.82, 2.24) is 5.32 Å². The number of benzene rings is 2. The number of hydrogen-bond acceptors (Lipinski definition) is 9. The average Bonchev–Trinajstić information content (AvgIpc) is 2.94. The maximum Gasteiger partial charge on any atom is 0.314 e. The Labute approximate surface area is 225 Å². The number of Topliss-reactive ketones (excluding diaryl/α,β-unsaturated/α-hetero) is 1. The van der Waals surface area contributed by atoms with E-state index < -0.39 is 41.0 Å². The number of ketones is 1. The van der Waals surface area contributed by atoms with Gasteiger partial charge in [-0.15, -0.1) is 0 Å². The van der Waals surface area contributed by atoms with Gasteiger partial charge in [0.05, 0.1) is 37.4 Å². The van der Waals surface area contributed by atoms with E-state index in [0.29, 0.717) is 24.6 Å². The Morgan fingerprint density at radius 2 is 1.92 bits per heavy atom. The van der Waals surface area contributed by atoms with Crippen LogP contribution >= 0.6 is 0 Å². The molecule has 1 heterocycles. The van der Waals surface area contributed by atoms with Crippen molar-refractivity contribution in [3.8, 4) is 5.75 Å². The first-order valence-electron chi connectivity index (χ1n) is 12.7. The van der Waals surface area contributed by atoms with Crippen LogP contribution in [-0.4, -0.2) is 62.0 Å². The summed E-state index contributed by atoms with van der Waals surface area (Å²) in [5.41, 5.74) is 6.68. The molecule has 3 atom stereocenters. The minimum Gasteiger partial charge on any atom is -0.494 e. The molecule has 0 amide bonds. The lowest BCUT2D eigenvalue weighted by molar-refractivity contribution is -0.146. The fourth-order valence-corrected chi connectivity index (χ4v) is 4.95. The maximum absolute atomic E-state index is 15.6. The number of amidine groups is 1. The lowest BCUT2D eigenvalue weighted by Crippen LogP contribution is -2.34. The Morgan fingerprint density at radius 3 is 2.54 bits per heavy atom. The first-order chi connectivity index (χ1) is 18.8. The van der Waals surface area contributed by atoms with Crippen LogP contribution in [0.3, 0.4) is 0 Å². The summed E-state index contributed by atoms with van der Waals surface area (Å²) in [6.07, 6.45) is 3.41. The van der Waals surface area contributed by atoms with E-state index in [2.05, 4.69) is 15.6 Å². The molecule has 0 fully saturated rings. The predicted molar refractivity (Wildman–Crippen MR) is 144 cm³/mol. The van der Waals surface area contributed by atoms with Gasteiger partial charge < -0.3 is 30.9 Å². The van der Waals surface area contributed by atoms with Crippen molar-refractivity contribution in [1.29, 1.82) is 0 Å². The molecule has 1 aliphatic heterocycles. The van der Waals surface area contributed by atoms with E-state index in [0.717, 1.165) is 5.56 Å². The van der Waals surface area contributed by atoms with Gasteiger partial charge in [-0.1, -0.05) is 36.4 Å². The van der Waals surface area contributed by atoms with Crippen LogP contribution in [0.4, 0.5) is 15.8 Å². The quantitative estimate of drug-likeness (QED) is 0.163. The molecule has 2 aromatic carbocycles. The Hall–Kier alpha value is -4.41. The predicted octanol–water partition coefficient (Wildman–Crippen LogP) is 2.98. The Bertz CT molecular complexity index is 1330. The lowest BCUT2D eigenvalue weighted by Gasteiger charge is -2.32. The summed E-state index contributed by atoms with van der Waals surface area (Å²) in [5.74, 6) is -4.89. The maximum atomic E-state index is 15.6. The number of halogens is 1. The molecule has 0 saturated heterocycles. The molecule has 1 aliphatic carbocycles. The van der Waals surface area contributed by atoms with E-state index in [1.165, 1.54) is 7.11 Å². The summed E-state index contributed by atoms with van der Waals surface area (Å²) in [5, 5.41) is 15.8. The number of fused-ring (bicyclic) bond motifs is 1. The van der Waals surface area contributed by atoms with Crippen molar-refractivity contribution in [2.75, 3.05) is 44.4 Å². The van der Waals surface area contributed by atoms with Gasteiger partial charge in [0.2, 0.25) is 0 Å². The van der Waals surface area contributed by atoms with Gasteiger partial charge in [-0.25, -0.2) is 4.39 Å². The number of anilines is 2. The van der Waals surface area contributed by atoms with Crippen LogP contribution in [0.1, 0.15) is 40.7 Å². The third-order valence-electron chi connectivity index (χ3n) is 6.82. The van der Waals surface area contributed by atoms with Crippen LogP contribution in [0.15, 0.2) is 47.5 Å². The van der Waals surface area contributed by atoms with Crippen molar-refractivity contribution < 1.29 is 33.4 Å². The molecule has 0 spiro atoms. The van der Waals surface area contributed by atoms with Gasteiger partial charge in [-0.3, -0.25) is 19.4 Å². The Balaban J connectivity index is 1.57. The molecular weight excluding hydrogens is 507 g/mol. The number of methoxy groups -OCH3 is 1. The number of rotatable bonds is 9. The molecule has 0 bridgehead atoms. The number of carbonyl (C=O) groups is 3. The third-order valence-corrected chi connectivity index (χ3v) is 6.82. The van der Waals surface area contributed by atoms with Gasteiger partial charge in [-0.05, 0) is 25.0 Å². The van der Waals surface area contributed by atoms with Crippen LogP contribution in [0.5, 0.6) is 5.75 Å². The second kappa shape index (κ2) is 12.0. The highest BCUT2D eigenvalue weighted by atomic mass is 19.1. The number of carboxylic acids is 1. The van der Waals surface area contributed by atoms with Crippen molar-refractivity contribution in [3.63, 3.8) is 0 Å². The summed E-state index contributed by atoms with van der Waals surface area (Å²) in [7, 11) is 1.37. The second-order valence-corrected chi connectivity index (χ2v) is 9.18. The number of nitrogens with two attached hydrogens (primary N) is 1. The lowest BCUT2D eigenvalue weighted by atomic mass is 9.72. The molecule has 4 rings (SSSR count). The summed E-state index contributed by atoms with van der Waals surface area (Å²) in [6.45, 7) is 2.89. The normalized spacial score (nSPS) is 20.0. The fourth-order valence-electron chi connectivity index (χ4n) is 4.95. The van der Waals surface area contributed by atoms with E-state index in [-0.39, 0.29) is 42.5 Å². The number of nitrogens with one attached hydrogen (secondary N) is 2. The molecule has 10 nitrogen and oxygen atoms in total. The molecule has 206 valence electrons. The van der Waals surface area contributed by atoms with E-state index in [9.17, 15) is 19.5 Å². The number of aliphatic imine (C=N–C) groups is 1. The largest absolute Gasteiger partial charge is 0.494 e. The highest BCUT2D eigenvalue weighted by molar-refractivity contribution is 6.14. The number of aliphatic carboxylic acids is 1. The standard InChI is InChI=1S/C28H31FN4O6/c1-3-39-28(37)16-9-10-19(33-14-16)31-11-12-32-24-22(29)23(30)21-20(26(24)38-2)17(15-7-5-4-6-8-15)13-18(25(21)34)27(35)36/h4-10,16-18,32H,3,11-14,30H2,1-2H3,(H,31,33)(H,35,36). The molecule has 0 radical (unpaired) electrons. The highest BCUT2D eigenvalue weighted by Crippen LogP contribution is 2.50. The molecule has 39 heavy (non-hydrogen) atoms.